The molecule has 0 aliphatic carbocycles. The van der Waals surface area contributed by atoms with Gasteiger partial charge in [-0.05, 0) is 18.6 Å². The van der Waals surface area contributed by atoms with Gasteiger partial charge in [0.1, 0.15) is 12.4 Å². The average Bonchev–Trinajstić information content (AvgIpc) is 2.85. The molecule has 5 heteroatoms. The van der Waals surface area contributed by atoms with Crippen LogP contribution in [-0.2, 0) is 13.1 Å². The lowest BCUT2D eigenvalue weighted by molar-refractivity contribution is 0.559. The maximum Gasteiger partial charge on any atom is 0.152 e. The van der Waals surface area contributed by atoms with Gasteiger partial charge in [-0.2, -0.15) is 5.26 Å². The lowest BCUT2D eigenvalue weighted by Crippen LogP contribution is -2.34. The minimum atomic E-state index is 0.708. The zero-order valence-corrected chi connectivity index (χ0v) is 10.2. The van der Waals surface area contributed by atoms with E-state index in [4.69, 9.17) is 0 Å². The van der Waals surface area contributed by atoms with Crippen LogP contribution in [0.4, 0.5) is 5.69 Å². The van der Waals surface area contributed by atoms with Crippen molar-refractivity contribution in [3.05, 3.63) is 41.5 Å². The highest BCUT2D eigenvalue weighted by molar-refractivity contribution is 5.64. The van der Waals surface area contributed by atoms with Crippen molar-refractivity contribution in [1.29, 1.82) is 5.26 Å². The normalized spacial score (nSPS) is 14.1. The van der Waals surface area contributed by atoms with Gasteiger partial charge in [-0.3, -0.25) is 0 Å². The minimum absolute atomic E-state index is 0.708. The van der Waals surface area contributed by atoms with E-state index in [1.807, 2.05) is 25.1 Å². The third kappa shape index (κ3) is 1.63. The van der Waals surface area contributed by atoms with Crippen LogP contribution in [0.25, 0.3) is 0 Å². The summed E-state index contributed by atoms with van der Waals surface area (Å²) in [6.45, 7) is 4.49. The van der Waals surface area contributed by atoms with Gasteiger partial charge in [-0.15, -0.1) is 10.2 Å². The van der Waals surface area contributed by atoms with E-state index >= 15 is 0 Å². The van der Waals surface area contributed by atoms with Crippen molar-refractivity contribution in [2.75, 3.05) is 11.4 Å². The molecular formula is C13H13N5. The van der Waals surface area contributed by atoms with Crippen molar-refractivity contribution < 1.29 is 0 Å². The number of hydrogen-bond donors (Lipinski definition) is 0. The molecule has 1 aromatic carbocycles. The Morgan fingerprint density at radius 3 is 3.06 bits per heavy atom. The number of nitriles is 1. The summed E-state index contributed by atoms with van der Waals surface area (Å²) in [7, 11) is 0. The fraction of sp³-hybridized carbons (Fsp3) is 0.308. The summed E-state index contributed by atoms with van der Waals surface area (Å²) in [6, 6.07) is 8.09. The molecule has 1 aliphatic rings. The van der Waals surface area contributed by atoms with E-state index in [1.54, 1.807) is 6.33 Å². The summed E-state index contributed by atoms with van der Waals surface area (Å²) in [4.78, 5) is 2.21. The fourth-order valence-corrected chi connectivity index (χ4v) is 2.43. The number of para-hydroxylation sites is 1. The molecule has 0 unspecified atom stereocenters. The van der Waals surface area contributed by atoms with Gasteiger partial charge in [0.2, 0.25) is 0 Å². The van der Waals surface area contributed by atoms with Crippen molar-refractivity contribution in [1.82, 2.24) is 14.8 Å². The Bertz CT molecular complexity index is 623. The van der Waals surface area contributed by atoms with Crippen LogP contribution in [0.3, 0.4) is 0 Å². The topological polar surface area (TPSA) is 57.7 Å². The number of fused-ring (bicyclic) bond motifs is 1. The molecule has 5 nitrogen and oxygen atoms in total. The first-order valence-corrected chi connectivity index (χ1v) is 5.91. The first-order chi connectivity index (χ1) is 8.79. The van der Waals surface area contributed by atoms with E-state index in [0.29, 0.717) is 6.54 Å². The SMILES string of the molecule is Cc1cccc(C#N)c1N1CCn2cnnc2C1. The molecule has 0 saturated carbocycles. The second-order valence-corrected chi connectivity index (χ2v) is 4.44. The predicted octanol–water partition coefficient (Wildman–Crippen LogP) is 1.48. The highest BCUT2D eigenvalue weighted by Crippen LogP contribution is 2.27. The van der Waals surface area contributed by atoms with E-state index in [0.717, 1.165) is 35.7 Å². The van der Waals surface area contributed by atoms with E-state index in [1.165, 1.54) is 0 Å². The standard InChI is InChI=1S/C13H13N5/c1-10-3-2-4-11(7-14)13(10)17-5-6-18-9-15-16-12(18)8-17/h2-4,9H,5-6,8H2,1H3. The van der Waals surface area contributed by atoms with Crippen LogP contribution in [0.2, 0.25) is 0 Å². The molecule has 0 atom stereocenters. The molecule has 1 aromatic heterocycles. The quantitative estimate of drug-likeness (QED) is 0.756. The maximum atomic E-state index is 9.22. The van der Waals surface area contributed by atoms with Gasteiger partial charge >= 0.3 is 0 Å². The molecular weight excluding hydrogens is 226 g/mol. The summed E-state index contributed by atoms with van der Waals surface area (Å²) >= 11 is 0. The van der Waals surface area contributed by atoms with Crippen LogP contribution in [0, 0.1) is 18.3 Å². The monoisotopic (exact) mass is 239 g/mol. The lowest BCUT2D eigenvalue weighted by Gasteiger charge is -2.30. The summed E-state index contributed by atoms with van der Waals surface area (Å²) in [6.07, 6.45) is 1.76. The highest BCUT2D eigenvalue weighted by Gasteiger charge is 2.21. The van der Waals surface area contributed by atoms with Gasteiger partial charge in [0.15, 0.2) is 5.82 Å². The van der Waals surface area contributed by atoms with E-state index in [2.05, 4.69) is 25.7 Å². The van der Waals surface area contributed by atoms with Gasteiger partial charge in [-0.25, -0.2) is 0 Å². The molecule has 2 heterocycles. The summed E-state index contributed by atoms with van der Waals surface area (Å²) in [5, 5.41) is 17.2. The van der Waals surface area contributed by atoms with Gasteiger partial charge in [-0.1, -0.05) is 12.1 Å². The number of aryl methyl sites for hydroxylation is 1. The molecule has 0 radical (unpaired) electrons. The van der Waals surface area contributed by atoms with Gasteiger partial charge in [0.25, 0.3) is 0 Å². The van der Waals surface area contributed by atoms with Crippen LogP contribution in [0.15, 0.2) is 24.5 Å². The maximum absolute atomic E-state index is 9.22. The van der Waals surface area contributed by atoms with Crippen LogP contribution in [0.1, 0.15) is 17.0 Å². The van der Waals surface area contributed by atoms with Gasteiger partial charge < -0.3 is 9.47 Å². The van der Waals surface area contributed by atoms with Crippen LogP contribution in [0.5, 0.6) is 0 Å². The molecule has 18 heavy (non-hydrogen) atoms. The number of rotatable bonds is 1. The average molecular weight is 239 g/mol. The first-order valence-electron chi connectivity index (χ1n) is 5.91. The van der Waals surface area contributed by atoms with E-state index < -0.39 is 0 Å². The van der Waals surface area contributed by atoms with Gasteiger partial charge in [0.05, 0.1) is 17.8 Å². The Balaban J connectivity index is 2.01. The van der Waals surface area contributed by atoms with Crippen LogP contribution < -0.4 is 4.90 Å². The summed E-state index contributed by atoms with van der Waals surface area (Å²) in [5.41, 5.74) is 2.87. The molecule has 2 aromatic rings. The number of nitrogens with zero attached hydrogens (tertiary/aromatic N) is 5. The number of anilines is 1. The number of hydrogen-bond acceptors (Lipinski definition) is 4. The van der Waals surface area contributed by atoms with Crippen molar-refractivity contribution in [2.45, 2.75) is 20.0 Å². The molecule has 0 amide bonds. The smallest absolute Gasteiger partial charge is 0.152 e. The Labute approximate surface area is 105 Å². The zero-order chi connectivity index (χ0) is 12.5. The van der Waals surface area contributed by atoms with E-state index in [9.17, 15) is 5.26 Å². The lowest BCUT2D eigenvalue weighted by atomic mass is 10.1. The molecule has 0 bridgehead atoms. The van der Waals surface area contributed by atoms with Crippen molar-refractivity contribution >= 4 is 5.69 Å². The van der Waals surface area contributed by atoms with Crippen LogP contribution >= 0.6 is 0 Å². The third-order valence-electron chi connectivity index (χ3n) is 3.31. The first kappa shape index (κ1) is 10.8. The molecule has 0 N–H and O–H groups in total. The Morgan fingerprint density at radius 2 is 2.22 bits per heavy atom. The van der Waals surface area contributed by atoms with Crippen molar-refractivity contribution in [3.63, 3.8) is 0 Å². The Morgan fingerprint density at radius 1 is 1.33 bits per heavy atom. The molecule has 0 spiro atoms. The van der Waals surface area contributed by atoms with Gasteiger partial charge in [0, 0.05) is 13.1 Å². The molecule has 1 aliphatic heterocycles. The second-order valence-electron chi connectivity index (χ2n) is 4.44. The Hall–Kier alpha value is -2.35. The summed E-state index contributed by atoms with van der Waals surface area (Å²) in [5.74, 6) is 0.952. The third-order valence-corrected chi connectivity index (χ3v) is 3.31. The van der Waals surface area contributed by atoms with Crippen LogP contribution in [-0.4, -0.2) is 21.3 Å². The number of benzene rings is 1. The molecule has 3 rings (SSSR count). The highest BCUT2D eigenvalue weighted by atomic mass is 15.3. The summed E-state index contributed by atoms with van der Waals surface area (Å²) < 4.78 is 2.06. The zero-order valence-electron chi connectivity index (χ0n) is 10.2. The van der Waals surface area contributed by atoms with E-state index in [-0.39, 0.29) is 0 Å². The second kappa shape index (κ2) is 4.15. The molecule has 90 valence electrons. The molecule has 0 fully saturated rings. The number of aromatic nitrogens is 3. The molecule has 0 saturated heterocycles. The van der Waals surface area contributed by atoms with Crippen molar-refractivity contribution in [3.8, 4) is 6.07 Å². The largest absolute Gasteiger partial charge is 0.361 e. The predicted molar refractivity (Wildman–Crippen MR) is 67.0 cm³/mol. The fourth-order valence-electron chi connectivity index (χ4n) is 2.43. The van der Waals surface area contributed by atoms with Crippen molar-refractivity contribution in [2.24, 2.45) is 0 Å². The minimum Gasteiger partial charge on any atom is -0.361 e. The Kier molecular flexibility index (Phi) is 2.49.